The highest BCUT2D eigenvalue weighted by atomic mass is 16.2. The molecule has 0 aliphatic carbocycles. The quantitative estimate of drug-likeness (QED) is 0.399. The Balaban J connectivity index is 4.56. The Bertz CT molecular complexity index is 475. The van der Waals surface area contributed by atoms with Gasteiger partial charge >= 0.3 is 0 Å². The van der Waals surface area contributed by atoms with Crippen LogP contribution in [0.15, 0.2) is 0 Å². The molecule has 0 saturated heterocycles. The van der Waals surface area contributed by atoms with Gasteiger partial charge in [0.15, 0.2) is 0 Å². The van der Waals surface area contributed by atoms with E-state index in [4.69, 9.17) is 0 Å². The summed E-state index contributed by atoms with van der Waals surface area (Å²) in [4.78, 5) is 47.8. The second-order valence-corrected chi connectivity index (χ2v) is 7.15. The van der Waals surface area contributed by atoms with Crippen molar-refractivity contribution >= 4 is 23.4 Å². The Morgan fingerprint density at radius 2 is 1.38 bits per heavy atom. The Morgan fingerprint density at radius 3 is 1.92 bits per heavy atom. The third-order valence-corrected chi connectivity index (χ3v) is 4.12. The highest BCUT2D eigenvalue weighted by Crippen LogP contribution is 2.07. The number of nitrogens with one attached hydrogen (secondary N) is 3. The minimum absolute atomic E-state index is 0.0363. The van der Waals surface area contributed by atoms with E-state index in [1.165, 1.54) is 0 Å². The molecule has 0 aromatic carbocycles. The van der Waals surface area contributed by atoms with Crippen LogP contribution in [0.5, 0.6) is 0 Å². The molecule has 26 heavy (non-hydrogen) atoms. The van der Waals surface area contributed by atoms with Gasteiger partial charge in [0.05, 0.1) is 0 Å². The number of carbonyl (C=O) groups is 4. The first-order valence-electron chi connectivity index (χ1n) is 9.46. The van der Waals surface area contributed by atoms with Crippen LogP contribution >= 0.6 is 0 Å². The van der Waals surface area contributed by atoms with Crippen LogP contribution in [0.2, 0.25) is 0 Å². The average molecular weight is 370 g/mol. The van der Waals surface area contributed by atoms with E-state index in [0.29, 0.717) is 25.9 Å². The molecule has 1 atom stereocenters. The minimum Gasteiger partial charge on any atom is -0.353 e. The van der Waals surface area contributed by atoms with E-state index in [2.05, 4.69) is 16.0 Å². The molecule has 0 spiro atoms. The fraction of sp³-hybridized carbons (Fsp3) is 0.789. The van der Waals surface area contributed by atoms with Gasteiger partial charge in [0.2, 0.25) is 11.8 Å². The molecule has 0 aliphatic heterocycles. The molecule has 0 aliphatic rings. The number of rotatable bonds is 14. The van der Waals surface area contributed by atoms with Gasteiger partial charge in [-0.1, -0.05) is 27.7 Å². The number of ketones is 2. The summed E-state index contributed by atoms with van der Waals surface area (Å²) in [7, 11) is 1.78. The number of Topliss-reactive ketones (excluding diaryl/α,β-unsaturated/α-hetero) is 2. The van der Waals surface area contributed by atoms with Crippen LogP contribution in [0.4, 0.5) is 0 Å². The van der Waals surface area contributed by atoms with Crippen LogP contribution in [-0.2, 0) is 19.2 Å². The monoisotopic (exact) mass is 369 g/mol. The molecule has 2 amide bonds. The predicted molar refractivity (Wildman–Crippen MR) is 102 cm³/mol. The molecule has 0 heterocycles. The third kappa shape index (κ3) is 11.0. The number of hydrogen-bond donors (Lipinski definition) is 3. The smallest absolute Gasteiger partial charge is 0.242 e. The summed E-state index contributed by atoms with van der Waals surface area (Å²) >= 11 is 0. The summed E-state index contributed by atoms with van der Waals surface area (Å²) in [5.41, 5.74) is 0. The molecule has 150 valence electrons. The molecular formula is C19H35N3O4. The average Bonchev–Trinajstić information content (AvgIpc) is 2.57. The molecule has 7 nitrogen and oxygen atoms in total. The van der Waals surface area contributed by atoms with Crippen LogP contribution < -0.4 is 16.0 Å². The molecule has 0 fully saturated rings. The van der Waals surface area contributed by atoms with Crippen molar-refractivity contribution in [1.82, 2.24) is 16.0 Å². The van der Waals surface area contributed by atoms with Crippen LogP contribution in [0.1, 0.15) is 59.8 Å². The van der Waals surface area contributed by atoms with E-state index in [0.717, 1.165) is 0 Å². The molecule has 7 heteroatoms. The predicted octanol–water partition coefficient (Wildman–Crippen LogP) is 1.21. The van der Waals surface area contributed by atoms with Gasteiger partial charge in [-0.05, 0) is 19.9 Å². The molecule has 0 bridgehead atoms. The lowest BCUT2D eigenvalue weighted by Gasteiger charge is -2.19. The summed E-state index contributed by atoms with van der Waals surface area (Å²) in [6.07, 6.45) is 1.53. The fourth-order valence-corrected chi connectivity index (χ4v) is 2.26. The summed E-state index contributed by atoms with van der Waals surface area (Å²) < 4.78 is 0. The Hall–Kier alpha value is -1.76. The van der Waals surface area contributed by atoms with E-state index in [1.54, 1.807) is 7.05 Å². The lowest BCUT2D eigenvalue weighted by Crippen LogP contribution is -2.48. The van der Waals surface area contributed by atoms with Gasteiger partial charge in [-0.25, -0.2) is 0 Å². The van der Waals surface area contributed by atoms with Crippen molar-refractivity contribution in [1.29, 1.82) is 0 Å². The first kappa shape index (κ1) is 24.2. The zero-order valence-corrected chi connectivity index (χ0v) is 16.8. The molecule has 0 rings (SSSR count). The summed E-state index contributed by atoms with van der Waals surface area (Å²) in [6, 6.07) is -0.733. The molecule has 0 aromatic rings. The second-order valence-electron chi connectivity index (χ2n) is 7.15. The van der Waals surface area contributed by atoms with Crippen molar-refractivity contribution in [3.05, 3.63) is 0 Å². The van der Waals surface area contributed by atoms with Crippen molar-refractivity contribution < 1.29 is 19.2 Å². The first-order chi connectivity index (χ1) is 12.2. The standard InChI is InChI=1S/C19H35N3O4/c1-13(2)16(23)7-6-8-18(25)22-15(9-10-17(24)14(3)4)19(26)21-12-11-20-5/h13-15,20H,6-12H2,1-5H3,(H,21,26)(H,22,25). The normalized spacial score (nSPS) is 12.1. The summed E-state index contributed by atoms with van der Waals surface area (Å²) in [5, 5.41) is 8.38. The highest BCUT2D eigenvalue weighted by molar-refractivity contribution is 5.89. The van der Waals surface area contributed by atoms with Gasteiger partial charge in [-0.3, -0.25) is 19.2 Å². The zero-order chi connectivity index (χ0) is 20.1. The molecular weight excluding hydrogens is 334 g/mol. The Kier molecular flexibility index (Phi) is 12.5. The highest BCUT2D eigenvalue weighted by Gasteiger charge is 2.22. The van der Waals surface area contributed by atoms with Gasteiger partial charge in [0, 0.05) is 44.2 Å². The molecule has 3 N–H and O–H groups in total. The maximum atomic E-state index is 12.3. The van der Waals surface area contributed by atoms with Crippen molar-refractivity contribution in [2.75, 3.05) is 20.1 Å². The van der Waals surface area contributed by atoms with Gasteiger partial charge < -0.3 is 16.0 Å². The molecule has 0 radical (unpaired) electrons. The summed E-state index contributed by atoms with van der Waals surface area (Å²) in [5.74, 6) is -0.501. The lowest BCUT2D eigenvalue weighted by atomic mass is 10.0. The second kappa shape index (κ2) is 13.4. The molecule has 0 aromatic heterocycles. The van der Waals surface area contributed by atoms with Crippen LogP contribution in [0, 0.1) is 11.8 Å². The molecule has 1 unspecified atom stereocenters. The van der Waals surface area contributed by atoms with Crippen molar-refractivity contribution in [2.45, 2.75) is 65.8 Å². The zero-order valence-electron chi connectivity index (χ0n) is 16.8. The Labute approximate surface area is 157 Å². The number of hydrogen-bond acceptors (Lipinski definition) is 5. The number of carbonyl (C=O) groups excluding carboxylic acids is 4. The van der Waals surface area contributed by atoms with Crippen molar-refractivity contribution in [3.63, 3.8) is 0 Å². The van der Waals surface area contributed by atoms with E-state index in [9.17, 15) is 19.2 Å². The largest absolute Gasteiger partial charge is 0.353 e. The van der Waals surface area contributed by atoms with Crippen LogP contribution in [0.25, 0.3) is 0 Å². The van der Waals surface area contributed by atoms with Gasteiger partial charge in [-0.2, -0.15) is 0 Å². The van der Waals surface area contributed by atoms with Crippen molar-refractivity contribution in [2.24, 2.45) is 11.8 Å². The van der Waals surface area contributed by atoms with Gasteiger partial charge in [-0.15, -0.1) is 0 Å². The van der Waals surface area contributed by atoms with E-state index < -0.39 is 6.04 Å². The van der Waals surface area contributed by atoms with Gasteiger partial charge in [0.1, 0.15) is 17.6 Å². The van der Waals surface area contributed by atoms with Crippen molar-refractivity contribution in [3.8, 4) is 0 Å². The van der Waals surface area contributed by atoms with E-state index in [-0.39, 0.29) is 54.5 Å². The lowest BCUT2D eigenvalue weighted by molar-refractivity contribution is -0.130. The molecule has 0 saturated carbocycles. The number of likely N-dealkylation sites (N-methyl/N-ethyl adjacent to an activating group) is 1. The van der Waals surface area contributed by atoms with Gasteiger partial charge in [0.25, 0.3) is 0 Å². The van der Waals surface area contributed by atoms with E-state index in [1.807, 2.05) is 27.7 Å². The number of amides is 2. The SMILES string of the molecule is CNCCNC(=O)C(CCC(=O)C(C)C)NC(=O)CCCC(=O)C(C)C. The maximum absolute atomic E-state index is 12.3. The summed E-state index contributed by atoms with van der Waals surface area (Å²) in [6.45, 7) is 8.36. The minimum atomic E-state index is -0.733. The fourth-order valence-electron chi connectivity index (χ4n) is 2.26. The van der Waals surface area contributed by atoms with Crippen LogP contribution in [-0.4, -0.2) is 49.6 Å². The van der Waals surface area contributed by atoms with E-state index >= 15 is 0 Å². The maximum Gasteiger partial charge on any atom is 0.242 e. The van der Waals surface area contributed by atoms with Crippen LogP contribution in [0.3, 0.4) is 0 Å². The topological polar surface area (TPSA) is 104 Å². The third-order valence-electron chi connectivity index (χ3n) is 4.12. The first-order valence-corrected chi connectivity index (χ1v) is 9.46. The Morgan fingerprint density at radius 1 is 0.808 bits per heavy atom.